The van der Waals surface area contributed by atoms with E-state index in [-0.39, 0.29) is 42.5 Å². The van der Waals surface area contributed by atoms with Crippen LogP contribution in [-0.2, 0) is 33.8 Å². The maximum Gasteiger partial charge on any atom is 0.322 e. The van der Waals surface area contributed by atoms with Crippen LogP contribution in [0.1, 0.15) is 12.8 Å². The summed E-state index contributed by atoms with van der Waals surface area (Å²) in [4.78, 5) is 45.7. The van der Waals surface area contributed by atoms with Crippen molar-refractivity contribution in [3.05, 3.63) is 31.6 Å². The van der Waals surface area contributed by atoms with Crippen molar-refractivity contribution in [1.82, 2.24) is 10.6 Å². The fourth-order valence-corrected chi connectivity index (χ4v) is 5.22. The molecule has 12 nitrogen and oxygen atoms in total. The predicted octanol–water partition coefficient (Wildman–Crippen LogP) is -1.57. The zero-order valence-corrected chi connectivity index (χ0v) is 20.1. The van der Waals surface area contributed by atoms with Gasteiger partial charge in [-0.1, -0.05) is 0 Å². The molecule has 0 saturated heterocycles. The number of carboxylic acid groups (broad SMARTS) is 2. The molecule has 14 heteroatoms. The highest BCUT2D eigenvalue weighted by Gasteiger charge is 2.23. The Balaban J connectivity index is 2.42. The number of hydrogen-bond donors (Lipinski definition) is 5. The van der Waals surface area contributed by atoms with E-state index in [0.29, 0.717) is 6.61 Å². The van der Waals surface area contributed by atoms with Crippen LogP contribution in [-0.4, -0.2) is 97.2 Å². The number of amides is 2. The van der Waals surface area contributed by atoms with Gasteiger partial charge in [0, 0.05) is 23.8 Å². The third-order valence-electron chi connectivity index (χ3n) is 4.43. The first-order valence-electron chi connectivity index (χ1n) is 10.3. The zero-order chi connectivity index (χ0) is 25.6. The van der Waals surface area contributed by atoms with Crippen molar-refractivity contribution in [3.8, 4) is 0 Å². The molecule has 1 rings (SSSR count). The van der Waals surface area contributed by atoms with E-state index >= 15 is 0 Å². The fraction of sp³-hybridized carbons (Fsp3) is 0.550. The number of nitrogens with one attached hydrogen (secondary N) is 2. The molecule has 6 N–H and O–H groups in total. The van der Waals surface area contributed by atoms with E-state index in [4.69, 9.17) is 20.7 Å². The lowest BCUT2D eigenvalue weighted by atomic mass is 10.1. The van der Waals surface area contributed by atoms with E-state index in [1.165, 1.54) is 0 Å². The normalized spacial score (nSPS) is 16.0. The van der Waals surface area contributed by atoms with E-state index in [1.54, 1.807) is 0 Å². The SMILES string of the molecule is N[C@@H](CCC(=O)N[C@@H](CSCCS(=O)(=O)CCOC[C]1[CH][CH][CH][CH]1)C(=O)NCC(=O)O)C(=O)O. The lowest BCUT2D eigenvalue weighted by Crippen LogP contribution is -2.49. The second-order valence-electron chi connectivity index (χ2n) is 7.29. The molecule has 2 atom stereocenters. The first kappa shape index (κ1) is 30.1. The Labute approximate surface area is 203 Å². The molecule has 0 aliphatic heterocycles. The Kier molecular flexibility index (Phi) is 14.1. The molecule has 0 aromatic carbocycles. The topological polar surface area (TPSA) is 202 Å². The molecule has 34 heavy (non-hydrogen) atoms. The molecular weight excluding hydrogens is 490 g/mol. The van der Waals surface area contributed by atoms with Crippen molar-refractivity contribution in [2.75, 3.05) is 42.8 Å². The summed E-state index contributed by atoms with van der Waals surface area (Å²) in [7, 11) is -3.39. The molecule has 0 bridgehead atoms. The number of rotatable bonds is 18. The largest absolute Gasteiger partial charge is 0.480 e. The second kappa shape index (κ2) is 15.9. The van der Waals surface area contributed by atoms with Crippen LogP contribution >= 0.6 is 11.8 Å². The van der Waals surface area contributed by atoms with Crippen LogP contribution in [0.4, 0.5) is 0 Å². The van der Waals surface area contributed by atoms with Gasteiger partial charge in [0.2, 0.25) is 11.8 Å². The molecule has 5 radical (unpaired) electrons. The third kappa shape index (κ3) is 13.7. The Morgan fingerprint density at radius 3 is 2.41 bits per heavy atom. The summed E-state index contributed by atoms with van der Waals surface area (Å²) in [6.07, 6.45) is 7.05. The maximum absolute atomic E-state index is 12.2. The molecular formula is C20H30N3O9S2. The standard InChI is InChI=1S/C20H30N3O9S2/c21-15(20(28)29)5-6-17(24)23-16(19(27)22-11-18(25)26)13-33-8-10-34(30,31)9-7-32-12-14-3-1-2-4-14/h1-4,15-16H,5-13,21H2,(H,22,27)(H,23,24)(H,25,26)(H,28,29)/t15-,16-/m0/s1. The lowest BCUT2D eigenvalue weighted by molar-refractivity contribution is -0.139. The van der Waals surface area contributed by atoms with Crippen molar-refractivity contribution in [2.45, 2.75) is 24.9 Å². The Morgan fingerprint density at radius 1 is 1.12 bits per heavy atom. The molecule has 0 heterocycles. The van der Waals surface area contributed by atoms with Gasteiger partial charge in [0.15, 0.2) is 9.84 Å². The maximum atomic E-state index is 12.2. The number of carbonyl (C=O) groups is 4. The summed E-state index contributed by atoms with van der Waals surface area (Å²) >= 11 is 1.10. The van der Waals surface area contributed by atoms with Gasteiger partial charge >= 0.3 is 11.9 Å². The first-order valence-corrected chi connectivity index (χ1v) is 13.3. The number of hydrogen-bond acceptors (Lipinski definition) is 9. The molecule has 1 saturated carbocycles. The monoisotopic (exact) mass is 520 g/mol. The van der Waals surface area contributed by atoms with Crippen LogP contribution in [0.15, 0.2) is 0 Å². The van der Waals surface area contributed by atoms with Gasteiger partial charge in [-0.05, 0) is 32.1 Å². The summed E-state index contributed by atoms with van der Waals surface area (Å²) in [5, 5.41) is 22.0. The van der Waals surface area contributed by atoms with E-state index in [9.17, 15) is 27.6 Å². The van der Waals surface area contributed by atoms with Crippen LogP contribution in [0, 0.1) is 31.6 Å². The smallest absolute Gasteiger partial charge is 0.322 e. The zero-order valence-electron chi connectivity index (χ0n) is 18.5. The average Bonchev–Trinajstić information content (AvgIpc) is 3.28. The van der Waals surface area contributed by atoms with Gasteiger partial charge in [-0.3, -0.25) is 19.2 Å². The number of aliphatic carboxylic acids is 2. The van der Waals surface area contributed by atoms with Crippen LogP contribution < -0.4 is 16.4 Å². The third-order valence-corrected chi connectivity index (χ3v) is 7.36. The van der Waals surface area contributed by atoms with Gasteiger partial charge < -0.3 is 31.3 Å². The van der Waals surface area contributed by atoms with E-state index in [1.807, 2.05) is 25.7 Å². The van der Waals surface area contributed by atoms with Crippen molar-refractivity contribution in [1.29, 1.82) is 0 Å². The minimum absolute atomic E-state index is 0.00874. The number of ether oxygens (including phenoxy) is 1. The van der Waals surface area contributed by atoms with Gasteiger partial charge in [0.1, 0.15) is 18.6 Å². The van der Waals surface area contributed by atoms with Gasteiger partial charge in [0.05, 0.1) is 24.7 Å². The Hall–Kier alpha value is -1.90. The minimum atomic E-state index is -3.39. The summed E-state index contributed by atoms with van der Waals surface area (Å²) in [6.45, 7) is -0.284. The van der Waals surface area contributed by atoms with Crippen molar-refractivity contribution < 1.29 is 42.5 Å². The van der Waals surface area contributed by atoms with Crippen molar-refractivity contribution in [3.63, 3.8) is 0 Å². The molecule has 0 aromatic rings. The Morgan fingerprint density at radius 2 is 1.79 bits per heavy atom. The fourth-order valence-electron chi connectivity index (χ4n) is 2.52. The Bertz CT molecular complexity index is 786. The first-order chi connectivity index (χ1) is 16.0. The van der Waals surface area contributed by atoms with Crippen LogP contribution in [0.2, 0.25) is 0 Å². The molecule has 0 spiro atoms. The lowest BCUT2D eigenvalue weighted by Gasteiger charge is -2.18. The van der Waals surface area contributed by atoms with Crippen molar-refractivity contribution in [2.24, 2.45) is 5.73 Å². The van der Waals surface area contributed by atoms with Crippen LogP contribution in [0.25, 0.3) is 0 Å². The second-order valence-corrected chi connectivity index (χ2v) is 10.7. The quantitative estimate of drug-likeness (QED) is 0.131. The number of nitrogens with two attached hydrogens (primary N) is 1. The summed E-state index contributed by atoms with van der Waals surface area (Å²) in [5.41, 5.74) is 5.35. The molecule has 1 aliphatic carbocycles. The highest BCUT2D eigenvalue weighted by atomic mass is 32.2. The molecule has 0 aromatic heterocycles. The van der Waals surface area contributed by atoms with Crippen LogP contribution in [0.5, 0.6) is 0 Å². The molecule has 0 unspecified atom stereocenters. The number of carbonyl (C=O) groups excluding carboxylic acids is 2. The van der Waals surface area contributed by atoms with Crippen LogP contribution in [0.3, 0.4) is 0 Å². The molecule has 191 valence electrons. The number of thioether (sulfide) groups is 1. The molecule has 2 amide bonds. The predicted molar refractivity (Wildman–Crippen MR) is 125 cm³/mol. The minimum Gasteiger partial charge on any atom is -0.480 e. The van der Waals surface area contributed by atoms with Gasteiger partial charge in [-0.2, -0.15) is 11.8 Å². The van der Waals surface area contributed by atoms with Gasteiger partial charge in [-0.15, -0.1) is 0 Å². The number of carboxylic acids is 2. The van der Waals surface area contributed by atoms with Gasteiger partial charge in [-0.25, -0.2) is 8.42 Å². The molecule has 1 fully saturated rings. The van der Waals surface area contributed by atoms with E-state index < -0.39 is 52.2 Å². The average molecular weight is 521 g/mol. The van der Waals surface area contributed by atoms with E-state index in [0.717, 1.165) is 17.7 Å². The summed E-state index contributed by atoms with van der Waals surface area (Å²) in [6, 6.07) is -2.37. The summed E-state index contributed by atoms with van der Waals surface area (Å²) < 4.78 is 29.7. The summed E-state index contributed by atoms with van der Waals surface area (Å²) in [5.74, 6) is -3.16. The number of sulfone groups is 1. The van der Waals surface area contributed by atoms with Gasteiger partial charge in [0.25, 0.3) is 0 Å². The van der Waals surface area contributed by atoms with Crippen molar-refractivity contribution >= 4 is 45.4 Å². The van der Waals surface area contributed by atoms with E-state index in [2.05, 4.69) is 10.6 Å². The highest BCUT2D eigenvalue weighted by molar-refractivity contribution is 8.00. The highest BCUT2D eigenvalue weighted by Crippen LogP contribution is 2.22. The molecule has 1 aliphatic rings.